The zero-order valence-corrected chi connectivity index (χ0v) is 18.1. The van der Waals surface area contributed by atoms with Gasteiger partial charge in [-0.05, 0) is 73.1 Å². The Morgan fingerprint density at radius 1 is 1.20 bits per heavy atom. The van der Waals surface area contributed by atoms with Crippen LogP contribution in [-0.4, -0.2) is 16.1 Å². The van der Waals surface area contributed by atoms with Gasteiger partial charge in [-0.15, -0.1) is 0 Å². The van der Waals surface area contributed by atoms with E-state index in [1.165, 1.54) is 6.08 Å². The van der Waals surface area contributed by atoms with Crippen molar-refractivity contribution in [3.63, 3.8) is 0 Å². The summed E-state index contributed by atoms with van der Waals surface area (Å²) in [5.41, 5.74) is 3.32. The maximum Gasteiger partial charge on any atom is 0.250 e. The number of phenolic OH excluding ortho intramolecular Hbond substituents is 1. The minimum absolute atomic E-state index is 0.0543. The zero-order chi connectivity index (χ0) is 21.7. The fourth-order valence-electron chi connectivity index (χ4n) is 2.71. The van der Waals surface area contributed by atoms with Crippen LogP contribution < -0.4 is 10.6 Å². The van der Waals surface area contributed by atoms with E-state index in [2.05, 4.69) is 10.6 Å². The number of hydrogen-bond acceptors (Lipinski definition) is 4. The Kier molecular flexibility index (Phi) is 6.92. The number of aryl methyl sites for hydroxylation is 2. The molecule has 3 aromatic rings. The van der Waals surface area contributed by atoms with Crippen LogP contribution in [0.1, 0.15) is 23.8 Å². The highest BCUT2D eigenvalue weighted by molar-refractivity contribution is 7.80. The molecule has 3 rings (SSSR count). The van der Waals surface area contributed by atoms with E-state index in [0.29, 0.717) is 22.2 Å². The first-order valence-electron chi connectivity index (χ1n) is 9.34. The standard InChI is InChI=1S/C23H21ClN2O3S/c1-3-15-5-9-20(27)19(12-15)25-23(30)26-22(28)11-8-17-7-10-21(29-17)16-6-4-14(2)18(24)13-16/h4-13,27H,3H2,1-2H3,(H2,25,26,28,30)/b11-8+. The molecule has 0 saturated heterocycles. The van der Waals surface area contributed by atoms with E-state index < -0.39 is 5.91 Å². The van der Waals surface area contributed by atoms with Crippen LogP contribution >= 0.6 is 23.8 Å². The summed E-state index contributed by atoms with van der Waals surface area (Å²) < 4.78 is 5.75. The molecule has 154 valence electrons. The molecule has 30 heavy (non-hydrogen) atoms. The summed E-state index contributed by atoms with van der Waals surface area (Å²) in [6, 6.07) is 14.5. The van der Waals surface area contributed by atoms with Crippen molar-refractivity contribution in [2.75, 3.05) is 5.32 Å². The number of halogens is 1. The molecule has 0 unspecified atom stereocenters. The molecule has 0 spiro atoms. The highest BCUT2D eigenvalue weighted by Crippen LogP contribution is 2.27. The van der Waals surface area contributed by atoms with E-state index in [-0.39, 0.29) is 10.9 Å². The summed E-state index contributed by atoms with van der Waals surface area (Å²) in [6.45, 7) is 3.94. The Morgan fingerprint density at radius 2 is 2.00 bits per heavy atom. The summed E-state index contributed by atoms with van der Waals surface area (Å²) in [6.07, 6.45) is 3.68. The lowest BCUT2D eigenvalue weighted by molar-refractivity contribution is -0.115. The fourth-order valence-corrected chi connectivity index (χ4v) is 3.10. The van der Waals surface area contributed by atoms with Crippen LogP contribution in [0.5, 0.6) is 5.75 Å². The molecule has 0 aliphatic carbocycles. The van der Waals surface area contributed by atoms with Gasteiger partial charge in [0.15, 0.2) is 5.11 Å². The molecule has 3 N–H and O–H groups in total. The van der Waals surface area contributed by atoms with Crippen molar-refractivity contribution in [1.82, 2.24) is 5.32 Å². The number of thiocarbonyl (C=S) groups is 1. The predicted molar refractivity (Wildman–Crippen MR) is 125 cm³/mol. The van der Waals surface area contributed by atoms with Gasteiger partial charge in [-0.1, -0.05) is 36.7 Å². The van der Waals surface area contributed by atoms with Crippen molar-refractivity contribution < 1.29 is 14.3 Å². The van der Waals surface area contributed by atoms with E-state index in [1.807, 2.05) is 44.2 Å². The fraction of sp³-hybridized carbons (Fsp3) is 0.130. The van der Waals surface area contributed by atoms with Gasteiger partial charge in [0.25, 0.3) is 0 Å². The van der Waals surface area contributed by atoms with Gasteiger partial charge >= 0.3 is 0 Å². The SMILES string of the molecule is CCc1ccc(O)c(NC(=S)NC(=O)/C=C/c2ccc(-c3ccc(C)c(Cl)c3)o2)c1. The number of amides is 1. The normalized spacial score (nSPS) is 10.9. The molecule has 0 saturated carbocycles. The maximum atomic E-state index is 12.1. The minimum atomic E-state index is -0.421. The maximum absolute atomic E-state index is 12.1. The zero-order valence-electron chi connectivity index (χ0n) is 16.5. The minimum Gasteiger partial charge on any atom is -0.506 e. The summed E-state index contributed by atoms with van der Waals surface area (Å²) in [5, 5.41) is 16.0. The first-order chi connectivity index (χ1) is 14.4. The first kappa shape index (κ1) is 21.6. The molecule has 0 bridgehead atoms. The predicted octanol–water partition coefficient (Wildman–Crippen LogP) is 5.70. The van der Waals surface area contributed by atoms with Crippen molar-refractivity contribution in [3.05, 3.63) is 76.5 Å². The Morgan fingerprint density at radius 3 is 2.73 bits per heavy atom. The lowest BCUT2D eigenvalue weighted by Crippen LogP contribution is -2.32. The molecular weight excluding hydrogens is 420 g/mol. The van der Waals surface area contributed by atoms with Gasteiger partial charge in [-0.25, -0.2) is 0 Å². The molecule has 0 radical (unpaired) electrons. The molecule has 2 aromatic carbocycles. The number of anilines is 1. The number of hydrogen-bond donors (Lipinski definition) is 3. The molecular formula is C23H21ClN2O3S. The molecule has 7 heteroatoms. The molecule has 1 heterocycles. The largest absolute Gasteiger partial charge is 0.506 e. The third-order valence-electron chi connectivity index (χ3n) is 4.44. The molecule has 0 aliphatic heterocycles. The molecule has 1 aromatic heterocycles. The molecule has 1 amide bonds. The number of carbonyl (C=O) groups is 1. The number of benzene rings is 2. The monoisotopic (exact) mass is 440 g/mol. The van der Waals surface area contributed by atoms with Gasteiger partial charge in [0, 0.05) is 16.7 Å². The third-order valence-corrected chi connectivity index (χ3v) is 5.05. The van der Waals surface area contributed by atoms with Gasteiger partial charge in [0.2, 0.25) is 5.91 Å². The first-order valence-corrected chi connectivity index (χ1v) is 10.1. The Hall–Kier alpha value is -3.09. The van der Waals surface area contributed by atoms with Crippen LogP contribution in [0.2, 0.25) is 5.02 Å². The second-order valence-corrected chi connectivity index (χ2v) is 7.46. The highest BCUT2D eigenvalue weighted by atomic mass is 35.5. The van der Waals surface area contributed by atoms with Crippen molar-refractivity contribution in [3.8, 4) is 17.1 Å². The number of nitrogens with one attached hydrogen (secondary N) is 2. The van der Waals surface area contributed by atoms with Crippen LogP contribution in [0.3, 0.4) is 0 Å². The van der Waals surface area contributed by atoms with Crippen molar-refractivity contribution in [2.45, 2.75) is 20.3 Å². The van der Waals surface area contributed by atoms with Crippen molar-refractivity contribution in [2.24, 2.45) is 0 Å². The molecule has 0 aliphatic rings. The van der Waals surface area contributed by atoms with Crippen LogP contribution in [0.15, 0.2) is 59.0 Å². The number of rotatable bonds is 5. The van der Waals surface area contributed by atoms with E-state index in [0.717, 1.165) is 23.1 Å². The van der Waals surface area contributed by atoms with Crippen LogP contribution in [0, 0.1) is 6.92 Å². The van der Waals surface area contributed by atoms with Gasteiger partial charge in [0.1, 0.15) is 17.3 Å². The third kappa shape index (κ3) is 5.49. The quantitative estimate of drug-likeness (QED) is 0.269. The second kappa shape index (κ2) is 9.61. The lowest BCUT2D eigenvalue weighted by atomic mass is 10.1. The van der Waals surface area contributed by atoms with Crippen LogP contribution in [0.4, 0.5) is 5.69 Å². The van der Waals surface area contributed by atoms with Crippen LogP contribution in [0.25, 0.3) is 17.4 Å². The van der Waals surface area contributed by atoms with Gasteiger partial charge in [0.05, 0.1) is 5.69 Å². The lowest BCUT2D eigenvalue weighted by Gasteiger charge is -2.11. The number of aromatic hydroxyl groups is 1. The van der Waals surface area contributed by atoms with Crippen molar-refractivity contribution >= 4 is 46.6 Å². The van der Waals surface area contributed by atoms with E-state index in [9.17, 15) is 9.90 Å². The van der Waals surface area contributed by atoms with E-state index >= 15 is 0 Å². The van der Waals surface area contributed by atoms with Gasteiger partial charge < -0.3 is 14.8 Å². The van der Waals surface area contributed by atoms with Crippen LogP contribution in [-0.2, 0) is 11.2 Å². The number of phenols is 1. The number of carbonyl (C=O) groups excluding carboxylic acids is 1. The molecule has 0 fully saturated rings. The average Bonchev–Trinajstić information content (AvgIpc) is 3.19. The average molecular weight is 441 g/mol. The van der Waals surface area contributed by atoms with Gasteiger partial charge in [-0.2, -0.15) is 0 Å². The molecule has 5 nitrogen and oxygen atoms in total. The summed E-state index contributed by atoms with van der Waals surface area (Å²) in [4.78, 5) is 12.1. The Bertz CT molecular complexity index is 1120. The summed E-state index contributed by atoms with van der Waals surface area (Å²) in [7, 11) is 0. The second-order valence-electron chi connectivity index (χ2n) is 6.65. The highest BCUT2D eigenvalue weighted by Gasteiger charge is 2.08. The van der Waals surface area contributed by atoms with Gasteiger partial charge in [-0.3, -0.25) is 10.1 Å². The smallest absolute Gasteiger partial charge is 0.250 e. The number of furan rings is 1. The van der Waals surface area contributed by atoms with Crippen molar-refractivity contribution in [1.29, 1.82) is 0 Å². The molecule has 0 atom stereocenters. The topological polar surface area (TPSA) is 74.5 Å². The Labute approximate surface area is 185 Å². The Balaban J connectivity index is 1.60. The van der Waals surface area contributed by atoms with E-state index in [4.69, 9.17) is 28.2 Å². The summed E-state index contributed by atoms with van der Waals surface area (Å²) in [5.74, 6) is 0.804. The van der Waals surface area contributed by atoms with E-state index in [1.54, 1.807) is 24.3 Å². The summed E-state index contributed by atoms with van der Waals surface area (Å²) >= 11 is 11.3.